The number of carbonyl (C=O) groups is 2. The zero-order valence-electron chi connectivity index (χ0n) is 24.8. The van der Waals surface area contributed by atoms with Gasteiger partial charge in [0, 0.05) is 30.9 Å². The summed E-state index contributed by atoms with van der Waals surface area (Å²) in [5.74, 6) is 1.16. The molecule has 224 valence electrons. The molecule has 2 amide bonds. The third-order valence-electron chi connectivity index (χ3n) is 7.66. The highest BCUT2D eigenvalue weighted by Gasteiger charge is 2.29. The Bertz CT molecular complexity index is 1230. The van der Waals surface area contributed by atoms with Crippen LogP contribution in [0.4, 0.5) is 22.1 Å². The van der Waals surface area contributed by atoms with Crippen LogP contribution >= 0.6 is 0 Å². The number of carbonyl (C=O) groups excluding carboxylic acids is 2. The normalized spacial score (nSPS) is 19.9. The van der Waals surface area contributed by atoms with Crippen molar-refractivity contribution < 1.29 is 24.2 Å². The van der Waals surface area contributed by atoms with Crippen molar-refractivity contribution in [2.45, 2.75) is 96.3 Å². The standard InChI is InChI=1S/C30H44N6O5/c1-6-23-27(32-19-7-10-21(37)11-8-19)35-28(25(34-23)26(31)38)33-20-9-12-22(24(17-20)40-5)18-13-15-36(16-14-18)29(39)41-30(2,3)4/h9,12,17-19,21,37H,6-8,10-11,13-16H2,1-5H3,(H2,31,38)(H2,32,33,35). The molecule has 1 saturated carbocycles. The molecule has 41 heavy (non-hydrogen) atoms. The van der Waals surface area contributed by atoms with Crippen molar-refractivity contribution in [1.82, 2.24) is 14.9 Å². The molecule has 2 fully saturated rings. The molecule has 1 aromatic heterocycles. The summed E-state index contributed by atoms with van der Waals surface area (Å²) in [6, 6.07) is 5.99. The molecule has 4 rings (SSSR count). The highest BCUT2D eigenvalue weighted by Crippen LogP contribution is 2.37. The van der Waals surface area contributed by atoms with E-state index in [1.54, 1.807) is 12.0 Å². The van der Waals surface area contributed by atoms with Gasteiger partial charge in [-0.1, -0.05) is 13.0 Å². The van der Waals surface area contributed by atoms with E-state index in [-0.39, 0.29) is 35.7 Å². The molecule has 5 N–H and O–H groups in total. The van der Waals surface area contributed by atoms with Crippen LogP contribution in [0, 0.1) is 0 Å². The number of nitrogens with two attached hydrogens (primary N) is 1. The largest absolute Gasteiger partial charge is 0.496 e. The van der Waals surface area contributed by atoms with Crippen molar-refractivity contribution in [3.63, 3.8) is 0 Å². The number of ether oxygens (including phenoxy) is 2. The fourth-order valence-electron chi connectivity index (χ4n) is 5.47. The van der Waals surface area contributed by atoms with E-state index in [0.717, 1.165) is 44.1 Å². The smallest absolute Gasteiger partial charge is 0.410 e. The number of primary amides is 1. The lowest BCUT2D eigenvalue weighted by molar-refractivity contribution is 0.0204. The second-order valence-corrected chi connectivity index (χ2v) is 11.9. The molecule has 2 aliphatic rings. The number of nitrogens with one attached hydrogen (secondary N) is 2. The number of methoxy groups -OCH3 is 1. The van der Waals surface area contributed by atoms with Crippen LogP contribution in [-0.4, -0.2) is 69.9 Å². The van der Waals surface area contributed by atoms with Gasteiger partial charge in [-0.2, -0.15) is 0 Å². The lowest BCUT2D eigenvalue weighted by atomic mass is 9.88. The molecule has 2 aromatic rings. The first-order valence-corrected chi connectivity index (χ1v) is 14.6. The molecule has 1 aliphatic carbocycles. The molecule has 1 aromatic carbocycles. The SMILES string of the molecule is CCc1nc(C(N)=O)c(Nc2ccc(C3CCN(C(=O)OC(C)(C)C)CC3)c(OC)c2)nc1NC1CCC(O)CC1. The van der Waals surface area contributed by atoms with Crippen molar-refractivity contribution in [1.29, 1.82) is 0 Å². The summed E-state index contributed by atoms with van der Waals surface area (Å²) in [5, 5.41) is 16.6. The van der Waals surface area contributed by atoms with E-state index in [0.29, 0.717) is 42.5 Å². The maximum absolute atomic E-state index is 12.5. The third kappa shape index (κ3) is 7.78. The maximum atomic E-state index is 12.5. The molecule has 0 unspecified atom stereocenters. The fraction of sp³-hybridized carbons (Fsp3) is 0.600. The number of benzene rings is 1. The molecule has 11 nitrogen and oxygen atoms in total. The van der Waals surface area contributed by atoms with E-state index in [2.05, 4.69) is 15.6 Å². The third-order valence-corrected chi connectivity index (χ3v) is 7.66. The number of aliphatic hydroxyl groups excluding tert-OH is 1. The van der Waals surface area contributed by atoms with E-state index in [9.17, 15) is 14.7 Å². The van der Waals surface area contributed by atoms with Gasteiger partial charge in [-0.3, -0.25) is 4.79 Å². The number of aromatic nitrogens is 2. The van der Waals surface area contributed by atoms with Gasteiger partial charge in [0.1, 0.15) is 17.2 Å². The summed E-state index contributed by atoms with van der Waals surface area (Å²) in [6.07, 6.45) is 4.79. The Balaban J connectivity index is 1.51. The van der Waals surface area contributed by atoms with Gasteiger partial charge in [0.15, 0.2) is 11.5 Å². The Labute approximate surface area is 242 Å². The Hall–Kier alpha value is -3.60. The predicted molar refractivity (Wildman–Crippen MR) is 158 cm³/mol. The summed E-state index contributed by atoms with van der Waals surface area (Å²) in [7, 11) is 1.63. The summed E-state index contributed by atoms with van der Waals surface area (Å²) in [4.78, 5) is 35.9. The van der Waals surface area contributed by atoms with Crippen molar-refractivity contribution in [3.8, 4) is 5.75 Å². The van der Waals surface area contributed by atoms with E-state index >= 15 is 0 Å². The first kappa shape index (κ1) is 30.4. The molecule has 2 heterocycles. The summed E-state index contributed by atoms with van der Waals surface area (Å²) in [6.45, 7) is 8.79. The number of hydrogen-bond donors (Lipinski definition) is 4. The van der Waals surface area contributed by atoms with Crippen molar-refractivity contribution in [3.05, 3.63) is 35.2 Å². The summed E-state index contributed by atoms with van der Waals surface area (Å²) < 4.78 is 11.3. The number of rotatable bonds is 8. The van der Waals surface area contributed by atoms with Crippen LogP contribution < -0.4 is 21.1 Å². The quantitative estimate of drug-likeness (QED) is 0.354. The molecule has 0 atom stereocenters. The highest BCUT2D eigenvalue weighted by molar-refractivity contribution is 5.96. The van der Waals surface area contributed by atoms with Crippen LogP contribution in [0.2, 0.25) is 0 Å². The molecule has 1 saturated heterocycles. The Morgan fingerprint density at radius 2 is 1.76 bits per heavy atom. The monoisotopic (exact) mass is 568 g/mol. The van der Waals surface area contributed by atoms with Crippen LogP contribution in [-0.2, 0) is 11.2 Å². The van der Waals surface area contributed by atoms with E-state index in [1.165, 1.54) is 0 Å². The topological polar surface area (TPSA) is 152 Å². The zero-order valence-corrected chi connectivity index (χ0v) is 24.8. The molecule has 0 radical (unpaired) electrons. The van der Waals surface area contributed by atoms with Crippen molar-refractivity contribution in [2.75, 3.05) is 30.8 Å². The van der Waals surface area contributed by atoms with Crippen LogP contribution in [0.1, 0.15) is 93.9 Å². The lowest BCUT2D eigenvalue weighted by Crippen LogP contribution is -2.41. The number of piperidine rings is 1. The van der Waals surface area contributed by atoms with Gasteiger partial charge in [0.25, 0.3) is 5.91 Å². The predicted octanol–water partition coefficient (Wildman–Crippen LogP) is 4.72. The molecule has 0 spiro atoms. The number of anilines is 3. The van der Waals surface area contributed by atoms with Gasteiger partial charge in [-0.05, 0) is 83.3 Å². The Morgan fingerprint density at radius 3 is 2.34 bits per heavy atom. The number of likely N-dealkylation sites (tertiary alicyclic amines) is 1. The number of aryl methyl sites for hydroxylation is 1. The Morgan fingerprint density at radius 1 is 1.07 bits per heavy atom. The van der Waals surface area contributed by atoms with Crippen molar-refractivity contribution in [2.24, 2.45) is 5.73 Å². The van der Waals surface area contributed by atoms with Gasteiger partial charge < -0.3 is 35.8 Å². The van der Waals surface area contributed by atoms with Gasteiger partial charge in [-0.15, -0.1) is 0 Å². The van der Waals surface area contributed by atoms with Gasteiger partial charge >= 0.3 is 6.09 Å². The molecular weight excluding hydrogens is 524 g/mol. The number of hydrogen-bond acceptors (Lipinski definition) is 9. The van der Waals surface area contributed by atoms with Gasteiger partial charge in [0.05, 0.1) is 18.9 Å². The lowest BCUT2D eigenvalue weighted by Gasteiger charge is -2.34. The fourth-order valence-corrected chi connectivity index (χ4v) is 5.47. The minimum Gasteiger partial charge on any atom is -0.496 e. The first-order valence-electron chi connectivity index (χ1n) is 14.6. The van der Waals surface area contributed by atoms with Crippen LogP contribution in [0.15, 0.2) is 18.2 Å². The number of nitrogens with zero attached hydrogens (tertiary/aromatic N) is 3. The molecule has 11 heteroatoms. The van der Waals surface area contributed by atoms with E-state index in [4.69, 9.17) is 20.2 Å². The first-order chi connectivity index (χ1) is 19.5. The van der Waals surface area contributed by atoms with E-state index < -0.39 is 11.5 Å². The number of aliphatic hydroxyl groups is 1. The zero-order chi connectivity index (χ0) is 29.7. The second-order valence-electron chi connectivity index (χ2n) is 11.9. The highest BCUT2D eigenvalue weighted by atomic mass is 16.6. The molecule has 1 aliphatic heterocycles. The average Bonchev–Trinajstić information content (AvgIpc) is 2.93. The minimum absolute atomic E-state index is 0.0732. The maximum Gasteiger partial charge on any atom is 0.410 e. The van der Waals surface area contributed by atoms with Crippen LogP contribution in [0.25, 0.3) is 0 Å². The number of amides is 2. The second kappa shape index (κ2) is 12.9. The van der Waals surface area contributed by atoms with Gasteiger partial charge in [-0.25, -0.2) is 14.8 Å². The van der Waals surface area contributed by atoms with Crippen LogP contribution in [0.3, 0.4) is 0 Å². The van der Waals surface area contributed by atoms with Crippen LogP contribution in [0.5, 0.6) is 5.75 Å². The molecule has 0 bridgehead atoms. The summed E-state index contributed by atoms with van der Waals surface area (Å²) in [5.41, 5.74) is 7.66. The summed E-state index contributed by atoms with van der Waals surface area (Å²) >= 11 is 0. The Kier molecular flexibility index (Phi) is 9.57. The average molecular weight is 569 g/mol. The molecular formula is C30H44N6O5. The minimum atomic E-state index is -0.664. The van der Waals surface area contributed by atoms with Crippen molar-refractivity contribution >= 4 is 29.3 Å². The van der Waals surface area contributed by atoms with Gasteiger partial charge in [0.2, 0.25) is 0 Å². The van der Waals surface area contributed by atoms with E-state index in [1.807, 2.05) is 45.9 Å².